The van der Waals surface area contributed by atoms with E-state index in [4.69, 9.17) is 9.47 Å². The van der Waals surface area contributed by atoms with Gasteiger partial charge in [-0.15, -0.1) is 11.3 Å². The average Bonchev–Trinajstić information content (AvgIpc) is 3.48. The van der Waals surface area contributed by atoms with E-state index in [0.29, 0.717) is 4.88 Å². The Hall–Kier alpha value is -3.38. The Morgan fingerprint density at radius 3 is 2.57 bits per heavy atom. The molecule has 0 radical (unpaired) electrons. The number of anilines is 1. The highest BCUT2D eigenvalue weighted by Gasteiger charge is 2.43. The zero-order valence-electron chi connectivity index (χ0n) is 22.8. The number of aliphatic hydroxyl groups excluding tert-OH is 4. The normalized spacial score (nSPS) is 25.2. The molecule has 2 aromatic carbocycles. The number of carbonyl (C=O) groups excluding carboxylic acids is 1. The fourth-order valence-corrected chi connectivity index (χ4v) is 5.90. The van der Waals surface area contributed by atoms with Gasteiger partial charge in [-0.2, -0.15) is 5.26 Å². The predicted octanol–water partition coefficient (Wildman–Crippen LogP) is 1.14. The van der Waals surface area contributed by atoms with Gasteiger partial charge in [-0.25, -0.2) is 0 Å². The summed E-state index contributed by atoms with van der Waals surface area (Å²) in [5.74, 6) is -0.696. The van der Waals surface area contributed by atoms with Crippen LogP contribution in [0.5, 0.6) is 0 Å². The average molecular weight is 595 g/mol. The smallest absolute Gasteiger partial charge is 0.262 e. The van der Waals surface area contributed by atoms with Crippen molar-refractivity contribution in [2.45, 2.75) is 30.7 Å². The first kappa shape index (κ1) is 30.1. The van der Waals surface area contributed by atoms with Gasteiger partial charge < -0.3 is 40.5 Å². The van der Waals surface area contributed by atoms with E-state index in [2.05, 4.69) is 45.9 Å². The van der Waals surface area contributed by atoms with E-state index < -0.39 is 36.6 Å². The molecule has 2 saturated heterocycles. The van der Waals surface area contributed by atoms with E-state index >= 15 is 0 Å². The van der Waals surface area contributed by atoms with Gasteiger partial charge in [-0.3, -0.25) is 9.69 Å². The van der Waals surface area contributed by atoms with Crippen molar-refractivity contribution < 1.29 is 34.7 Å². The summed E-state index contributed by atoms with van der Waals surface area (Å²) in [6, 6.07) is 18.2. The van der Waals surface area contributed by atoms with E-state index in [1.807, 2.05) is 24.3 Å². The first-order chi connectivity index (χ1) is 20.3. The molecule has 6 N–H and O–H groups in total. The van der Waals surface area contributed by atoms with E-state index in [1.54, 1.807) is 0 Å². The number of nitrogens with zero attached hydrogens (tertiary/aromatic N) is 2. The summed E-state index contributed by atoms with van der Waals surface area (Å²) in [5.41, 5.74) is 1.94. The molecule has 1 aromatic heterocycles. The molecule has 5 rings (SSSR count). The van der Waals surface area contributed by atoms with Crippen LogP contribution < -0.4 is 10.6 Å². The first-order valence-corrected chi connectivity index (χ1v) is 14.6. The number of fused-ring (bicyclic) bond motifs is 1. The number of hydrogen-bond acceptors (Lipinski definition) is 11. The number of nitrogens with one attached hydrogen (secondary N) is 2. The molecular formula is C30H34N4O7S. The van der Waals surface area contributed by atoms with Crippen molar-refractivity contribution in [2.24, 2.45) is 0 Å². The summed E-state index contributed by atoms with van der Waals surface area (Å²) in [4.78, 5) is 16.7. The molecule has 1 unspecified atom stereocenters. The van der Waals surface area contributed by atoms with Crippen molar-refractivity contribution in [3.05, 3.63) is 59.0 Å². The molecule has 3 aromatic rings. The lowest BCUT2D eigenvalue weighted by Crippen LogP contribution is -2.60. The van der Waals surface area contributed by atoms with Crippen LogP contribution in [-0.2, 0) is 14.3 Å². The van der Waals surface area contributed by atoms with Gasteiger partial charge >= 0.3 is 0 Å². The number of aliphatic hydroxyl groups is 4. The molecule has 3 heterocycles. The maximum atomic E-state index is 12.6. The van der Waals surface area contributed by atoms with Gasteiger partial charge in [-0.05, 0) is 52.7 Å². The lowest BCUT2D eigenvalue weighted by atomic mass is 9.99. The Balaban J connectivity index is 1.19. The van der Waals surface area contributed by atoms with Gasteiger partial charge in [0.15, 0.2) is 6.29 Å². The summed E-state index contributed by atoms with van der Waals surface area (Å²) in [6.45, 7) is 5.09. The monoisotopic (exact) mass is 594 g/mol. The number of rotatable bonds is 9. The topological polar surface area (TPSA) is 168 Å². The van der Waals surface area contributed by atoms with Crippen LogP contribution >= 0.6 is 11.3 Å². The van der Waals surface area contributed by atoms with E-state index in [9.17, 15) is 30.5 Å². The molecule has 11 nitrogen and oxygen atoms in total. The molecule has 12 heteroatoms. The second kappa shape index (κ2) is 13.7. The van der Waals surface area contributed by atoms with Gasteiger partial charge in [0, 0.05) is 48.2 Å². The van der Waals surface area contributed by atoms with Crippen LogP contribution in [-0.4, -0.2) is 108 Å². The molecule has 0 aliphatic carbocycles. The Morgan fingerprint density at radius 2 is 1.79 bits per heavy atom. The van der Waals surface area contributed by atoms with Crippen molar-refractivity contribution in [1.82, 2.24) is 10.2 Å². The Labute approximate surface area is 247 Å². The number of morpholine rings is 1. The van der Waals surface area contributed by atoms with Gasteiger partial charge in [0.1, 0.15) is 36.1 Å². The molecule has 222 valence electrons. The van der Waals surface area contributed by atoms with Gasteiger partial charge in [0.25, 0.3) is 5.91 Å². The molecule has 0 bridgehead atoms. The van der Waals surface area contributed by atoms with Crippen molar-refractivity contribution in [3.8, 4) is 16.5 Å². The quantitative estimate of drug-likeness (QED) is 0.156. The number of nitriles is 1. The van der Waals surface area contributed by atoms with Crippen LogP contribution in [0.4, 0.5) is 5.69 Å². The van der Waals surface area contributed by atoms with Crippen LogP contribution in [0.25, 0.3) is 27.3 Å². The highest BCUT2D eigenvalue weighted by atomic mass is 32.1. The van der Waals surface area contributed by atoms with Crippen molar-refractivity contribution in [1.29, 1.82) is 5.26 Å². The van der Waals surface area contributed by atoms with Gasteiger partial charge in [-0.1, -0.05) is 18.2 Å². The van der Waals surface area contributed by atoms with E-state index in [1.165, 1.54) is 17.4 Å². The van der Waals surface area contributed by atoms with E-state index in [0.717, 1.165) is 66.3 Å². The van der Waals surface area contributed by atoms with E-state index in [-0.39, 0.29) is 12.1 Å². The largest absolute Gasteiger partial charge is 0.388 e. The SMILES string of the molecule is N#C/C(=C\c1ccc(-c2ccc3cc(NCCN4CCOCC4)ccc3c2)s1)C(=O)NC[C@H]1OC(O)[C@H](O)[C@@H](O)[C@@H]1O. The Bertz CT molecular complexity index is 1470. The molecular weight excluding hydrogens is 560 g/mol. The summed E-state index contributed by atoms with van der Waals surface area (Å²) in [5, 5.41) is 56.9. The van der Waals surface area contributed by atoms with Crippen LogP contribution in [0.2, 0.25) is 0 Å². The number of amides is 1. The number of ether oxygens (including phenoxy) is 2. The summed E-state index contributed by atoms with van der Waals surface area (Å²) < 4.78 is 10.5. The highest BCUT2D eigenvalue weighted by molar-refractivity contribution is 7.16. The molecule has 0 spiro atoms. The summed E-state index contributed by atoms with van der Waals surface area (Å²) in [7, 11) is 0. The van der Waals surface area contributed by atoms with Gasteiger partial charge in [0.2, 0.25) is 0 Å². The molecule has 1 amide bonds. The van der Waals surface area contributed by atoms with Crippen LogP contribution in [0.1, 0.15) is 4.88 Å². The minimum absolute atomic E-state index is 0.151. The zero-order valence-corrected chi connectivity index (χ0v) is 23.7. The number of benzene rings is 2. The second-order valence-corrected chi connectivity index (χ2v) is 11.4. The van der Waals surface area contributed by atoms with Crippen LogP contribution in [0.15, 0.2) is 54.1 Å². The van der Waals surface area contributed by atoms with Crippen LogP contribution in [0, 0.1) is 11.3 Å². The molecule has 2 aliphatic heterocycles. The minimum atomic E-state index is -1.71. The molecule has 5 atom stereocenters. The fourth-order valence-electron chi connectivity index (χ4n) is 4.96. The third-order valence-electron chi connectivity index (χ3n) is 7.41. The molecule has 2 fully saturated rings. The second-order valence-electron chi connectivity index (χ2n) is 10.3. The molecule has 2 aliphatic rings. The first-order valence-electron chi connectivity index (χ1n) is 13.8. The Morgan fingerprint density at radius 1 is 1.02 bits per heavy atom. The fraction of sp³-hybridized carbons (Fsp3) is 0.400. The summed E-state index contributed by atoms with van der Waals surface area (Å²) >= 11 is 1.44. The molecule has 0 saturated carbocycles. The number of thiophene rings is 1. The van der Waals surface area contributed by atoms with Crippen LogP contribution in [0.3, 0.4) is 0 Å². The maximum Gasteiger partial charge on any atom is 0.262 e. The highest BCUT2D eigenvalue weighted by Crippen LogP contribution is 2.32. The number of hydrogen-bond donors (Lipinski definition) is 6. The molecule has 42 heavy (non-hydrogen) atoms. The van der Waals surface area contributed by atoms with Crippen molar-refractivity contribution in [2.75, 3.05) is 51.3 Å². The lowest BCUT2D eigenvalue weighted by Gasteiger charge is -2.38. The zero-order chi connectivity index (χ0) is 29.6. The van der Waals surface area contributed by atoms with Crippen molar-refractivity contribution >= 4 is 39.8 Å². The number of carbonyl (C=O) groups is 1. The maximum absolute atomic E-state index is 12.6. The van der Waals surface area contributed by atoms with Gasteiger partial charge in [0.05, 0.1) is 13.2 Å². The standard InChI is InChI=1S/C30H34N4O7S/c31-16-21(29(38)33-17-24-26(35)27(36)28(37)30(39)41-24)15-23-5-6-25(42-23)20-2-1-19-14-22(4-3-18(19)13-20)32-7-8-34-9-11-40-12-10-34/h1-6,13-15,24,26-28,30,32,35-37,39H,7-12,17H2,(H,33,38)/b21-15+/t24-,26-,27+,28-,30?/m1/s1. The minimum Gasteiger partial charge on any atom is -0.388 e. The summed E-state index contributed by atoms with van der Waals surface area (Å²) in [6.07, 6.45) is -6.22. The Kier molecular flexibility index (Phi) is 9.84. The third-order valence-corrected chi connectivity index (χ3v) is 8.50. The predicted molar refractivity (Wildman–Crippen MR) is 159 cm³/mol. The lowest BCUT2D eigenvalue weighted by molar-refractivity contribution is -0.280. The van der Waals surface area contributed by atoms with Crippen molar-refractivity contribution in [3.63, 3.8) is 0 Å². The third kappa shape index (κ3) is 7.15.